The normalized spacial score (nSPS) is 10.8. The van der Waals surface area contributed by atoms with Crippen molar-refractivity contribution in [3.05, 3.63) is 71.4 Å². The number of aryl methyl sites for hydroxylation is 1. The average molecular weight is 348 g/mol. The number of amides is 1. The molecular weight excluding hydrogens is 328 g/mol. The van der Waals surface area contributed by atoms with Crippen molar-refractivity contribution in [2.45, 2.75) is 13.3 Å². The first-order valence-electron chi connectivity index (χ1n) is 8.31. The van der Waals surface area contributed by atoms with E-state index in [9.17, 15) is 4.79 Å². The van der Waals surface area contributed by atoms with Crippen molar-refractivity contribution in [3.8, 4) is 17.0 Å². The lowest BCUT2D eigenvalue weighted by Gasteiger charge is -1.99. The van der Waals surface area contributed by atoms with Gasteiger partial charge >= 0.3 is 0 Å². The summed E-state index contributed by atoms with van der Waals surface area (Å²) in [7, 11) is 1.61. The van der Waals surface area contributed by atoms with Crippen LogP contribution in [-0.4, -0.2) is 29.4 Å². The summed E-state index contributed by atoms with van der Waals surface area (Å²) in [4.78, 5) is 12.2. The molecular formula is C20H20N4O2. The molecule has 0 aliphatic heterocycles. The highest BCUT2D eigenvalue weighted by atomic mass is 16.5. The summed E-state index contributed by atoms with van der Waals surface area (Å²) in [5.74, 6) is 0.418. The fraction of sp³-hybridized carbons (Fsp3) is 0.150. The topological polar surface area (TPSA) is 79.4 Å². The Hall–Kier alpha value is -3.41. The highest BCUT2D eigenvalue weighted by molar-refractivity contribution is 5.94. The van der Waals surface area contributed by atoms with Crippen LogP contribution in [0.15, 0.2) is 59.7 Å². The van der Waals surface area contributed by atoms with Gasteiger partial charge in [0, 0.05) is 5.56 Å². The quantitative estimate of drug-likeness (QED) is 0.529. The number of hydrogen-bond donors (Lipinski definition) is 2. The van der Waals surface area contributed by atoms with Crippen molar-refractivity contribution in [2.24, 2.45) is 5.10 Å². The maximum atomic E-state index is 12.2. The molecule has 1 aromatic heterocycles. The Balaban J connectivity index is 1.62. The Bertz CT molecular complexity index is 896. The number of rotatable bonds is 6. The van der Waals surface area contributed by atoms with Crippen LogP contribution in [0.2, 0.25) is 0 Å². The van der Waals surface area contributed by atoms with Crippen LogP contribution in [0.5, 0.6) is 5.75 Å². The summed E-state index contributed by atoms with van der Waals surface area (Å²) in [6.45, 7) is 2.11. The van der Waals surface area contributed by atoms with E-state index in [4.69, 9.17) is 4.74 Å². The molecule has 0 aliphatic rings. The minimum atomic E-state index is -0.348. The van der Waals surface area contributed by atoms with Crippen molar-refractivity contribution < 1.29 is 9.53 Å². The van der Waals surface area contributed by atoms with Crippen molar-refractivity contribution >= 4 is 12.1 Å². The van der Waals surface area contributed by atoms with Crippen LogP contribution < -0.4 is 10.2 Å². The molecule has 3 aromatic rings. The van der Waals surface area contributed by atoms with Gasteiger partial charge < -0.3 is 4.74 Å². The number of nitrogens with one attached hydrogen (secondary N) is 2. The van der Waals surface area contributed by atoms with Gasteiger partial charge in [-0.1, -0.05) is 31.2 Å². The summed E-state index contributed by atoms with van der Waals surface area (Å²) >= 11 is 0. The van der Waals surface area contributed by atoms with Crippen LogP contribution >= 0.6 is 0 Å². The third-order valence-electron chi connectivity index (χ3n) is 3.98. The van der Waals surface area contributed by atoms with Gasteiger partial charge in [-0.25, -0.2) is 5.43 Å². The van der Waals surface area contributed by atoms with Crippen LogP contribution in [-0.2, 0) is 6.42 Å². The van der Waals surface area contributed by atoms with Gasteiger partial charge in [0.1, 0.15) is 11.4 Å². The number of hydrazone groups is 1. The van der Waals surface area contributed by atoms with Crippen molar-refractivity contribution in [1.82, 2.24) is 15.6 Å². The molecule has 0 atom stereocenters. The second-order valence-corrected chi connectivity index (χ2v) is 5.69. The van der Waals surface area contributed by atoms with E-state index in [1.807, 2.05) is 36.4 Å². The smallest absolute Gasteiger partial charge is 0.289 e. The molecule has 0 unspecified atom stereocenters. The van der Waals surface area contributed by atoms with Crippen molar-refractivity contribution in [3.63, 3.8) is 0 Å². The van der Waals surface area contributed by atoms with Crippen LogP contribution in [0.1, 0.15) is 28.5 Å². The van der Waals surface area contributed by atoms with Gasteiger partial charge in [-0.15, -0.1) is 0 Å². The molecule has 0 spiro atoms. The number of aromatic nitrogens is 2. The van der Waals surface area contributed by atoms with Gasteiger partial charge in [0.15, 0.2) is 0 Å². The Kier molecular flexibility index (Phi) is 5.43. The maximum absolute atomic E-state index is 12.2. The molecule has 0 saturated heterocycles. The van der Waals surface area contributed by atoms with Crippen molar-refractivity contribution in [2.75, 3.05) is 7.11 Å². The lowest BCUT2D eigenvalue weighted by atomic mass is 10.1. The number of nitrogens with zero attached hydrogens (tertiary/aromatic N) is 2. The van der Waals surface area contributed by atoms with Gasteiger partial charge in [0.25, 0.3) is 5.91 Å². The Morgan fingerprint density at radius 2 is 1.92 bits per heavy atom. The Morgan fingerprint density at radius 3 is 2.58 bits per heavy atom. The highest BCUT2D eigenvalue weighted by Crippen LogP contribution is 2.18. The average Bonchev–Trinajstić information content (AvgIpc) is 3.19. The first-order valence-corrected chi connectivity index (χ1v) is 8.31. The predicted octanol–water partition coefficient (Wildman–Crippen LogP) is 3.41. The van der Waals surface area contributed by atoms with Crippen LogP contribution in [0.3, 0.4) is 0 Å². The Labute approximate surface area is 151 Å². The lowest BCUT2D eigenvalue weighted by molar-refractivity contribution is 0.0950. The van der Waals surface area contributed by atoms with E-state index < -0.39 is 0 Å². The van der Waals surface area contributed by atoms with Gasteiger partial charge in [-0.3, -0.25) is 9.89 Å². The molecule has 132 valence electrons. The first-order chi connectivity index (χ1) is 12.7. The number of ether oxygens (including phenoxy) is 1. The van der Waals surface area contributed by atoms with Crippen molar-refractivity contribution in [1.29, 1.82) is 0 Å². The Morgan fingerprint density at radius 1 is 1.19 bits per heavy atom. The zero-order valence-electron chi connectivity index (χ0n) is 14.7. The van der Waals surface area contributed by atoms with Gasteiger partial charge in [0.05, 0.1) is 19.0 Å². The first kappa shape index (κ1) is 17.4. The summed E-state index contributed by atoms with van der Waals surface area (Å²) < 4.78 is 5.10. The maximum Gasteiger partial charge on any atom is 0.289 e. The molecule has 6 heteroatoms. The fourth-order valence-electron chi connectivity index (χ4n) is 2.41. The molecule has 0 aliphatic carbocycles. The number of benzene rings is 2. The van der Waals surface area contributed by atoms with Gasteiger partial charge in [0.2, 0.25) is 0 Å². The number of carbonyl (C=O) groups excluding carboxylic acids is 1. The zero-order valence-corrected chi connectivity index (χ0v) is 14.7. The number of carbonyl (C=O) groups is 1. The molecule has 2 aromatic carbocycles. The minimum Gasteiger partial charge on any atom is -0.497 e. The molecule has 0 radical (unpaired) electrons. The third kappa shape index (κ3) is 4.16. The van der Waals surface area contributed by atoms with E-state index in [1.165, 1.54) is 5.56 Å². The fourth-order valence-corrected chi connectivity index (χ4v) is 2.41. The van der Waals surface area contributed by atoms with Crippen LogP contribution in [0.25, 0.3) is 11.3 Å². The summed E-state index contributed by atoms with van der Waals surface area (Å²) in [5.41, 5.74) is 6.63. The number of aromatic amines is 1. The van der Waals surface area contributed by atoms with E-state index >= 15 is 0 Å². The molecule has 1 heterocycles. The van der Waals surface area contributed by atoms with Gasteiger partial charge in [-0.05, 0) is 47.9 Å². The summed E-state index contributed by atoms with van der Waals surface area (Å²) in [6, 6.07) is 17.2. The standard InChI is InChI=1S/C20H20N4O2/c1-3-14-4-8-16(9-5-14)18-12-19(23-22-18)20(25)24-21-13-15-6-10-17(26-2)11-7-15/h4-13H,3H2,1-2H3,(H,22,23)(H,24,25). The zero-order chi connectivity index (χ0) is 18.4. The van der Waals surface area contributed by atoms with E-state index in [0.717, 1.165) is 29.0 Å². The largest absolute Gasteiger partial charge is 0.497 e. The van der Waals surface area contributed by atoms with E-state index in [2.05, 4.69) is 39.8 Å². The SMILES string of the molecule is CCc1ccc(-c2cc(C(=O)NN=Cc3ccc(OC)cc3)[nH]n2)cc1. The molecule has 1 amide bonds. The van der Waals surface area contributed by atoms with Crippen LogP contribution in [0, 0.1) is 0 Å². The molecule has 0 bridgehead atoms. The highest BCUT2D eigenvalue weighted by Gasteiger charge is 2.10. The molecule has 6 nitrogen and oxygen atoms in total. The summed E-state index contributed by atoms with van der Waals surface area (Å²) in [6.07, 6.45) is 2.55. The molecule has 0 fully saturated rings. The van der Waals surface area contributed by atoms with Crippen LogP contribution in [0.4, 0.5) is 0 Å². The number of hydrogen-bond acceptors (Lipinski definition) is 4. The second-order valence-electron chi connectivity index (χ2n) is 5.69. The minimum absolute atomic E-state index is 0.348. The number of methoxy groups -OCH3 is 1. The second kappa shape index (κ2) is 8.11. The molecule has 3 rings (SSSR count). The van der Waals surface area contributed by atoms with E-state index in [-0.39, 0.29) is 5.91 Å². The van der Waals surface area contributed by atoms with E-state index in [0.29, 0.717) is 5.69 Å². The molecule has 2 N–H and O–H groups in total. The third-order valence-corrected chi connectivity index (χ3v) is 3.98. The van der Waals surface area contributed by atoms with E-state index in [1.54, 1.807) is 19.4 Å². The lowest BCUT2D eigenvalue weighted by Crippen LogP contribution is -2.17. The molecule has 0 saturated carbocycles. The number of H-pyrrole nitrogens is 1. The van der Waals surface area contributed by atoms with Gasteiger partial charge in [-0.2, -0.15) is 10.2 Å². The molecule has 26 heavy (non-hydrogen) atoms. The monoisotopic (exact) mass is 348 g/mol. The predicted molar refractivity (Wildman–Crippen MR) is 101 cm³/mol. The summed E-state index contributed by atoms with van der Waals surface area (Å²) in [5, 5.41) is 10.9.